The molecule has 0 aromatic carbocycles. The van der Waals surface area contributed by atoms with Crippen LogP contribution < -0.4 is 0 Å². The van der Waals surface area contributed by atoms with Crippen LogP contribution in [0.3, 0.4) is 0 Å². The van der Waals surface area contributed by atoms with E-state index in [1.807, 2.05) is 0 Å². The maximum atomic E-state index is 0. The molecule has 0 rings (SSSR count). The van der Waals surface area contributed by atoms with Gasteiger partial charge in [0, 0.05) is 146 Å². The molecule has 0 aliphatic rings. The Labute approximate surface area is 207 Å². The molecule has 0 atom stereocenters. The minimum atomic E-state index is 0. The van der Waals surface area contributed by atoms with E-state index in [0.717, 1.165) is 0 Å². The summed E-state index contributed by atoms with van der Waals surface area (Å²) in [5.41, 5.74) is 0. The molecular weight excluding hydrogens is 1030 g/mol. The second-order valence-corrected chi connectivity index (χ2v) is 0. The standard InChI is InChI=1S/12O.2Pr.3W/q12*-2;;;;;. The molecule has 0 amide bonds. The first-order chi connectivity index (χ1) is 0. The third kappa shape index (κ3) is 366. The molecular formula is O12Pr2W3-24. The molecule has 0 aliphatic carbocycles. The molecule has 0 fully saturated rings. The number of hydrogen-bond acceptors (Lipinski definition) is 0. The van der Waals surface area contributed by atoms with Crippen LogP contribution in [0.25, 0.3) is 0 Å². The molecule has 17 heteroatoms. The van der Waals surface area contributed by atoms with Crippen molar-refractivity contribution in [3.8, 4) is 0 Å². The molecule has 0 aromatic heterocycles. The zero-order valence-electron chi connectivity index (χ0n) is 7.28. The van der Waals surface area contributed by atoms with E-state index in [4.69, 9.17) is 0 Å². The van der Waals surface area contributed by atoms with Crippen molar-refractivity contribution in [3.63, 3.8) is 0 Å². The fourth-order valence-electron chi connectivity index (χ4n) is 0. The zero-order chi connectivity index (χ0) is 0. The van der Waals surface area contributed by atoms with E-state index in [2.05, 4.69) is 0 Å². The summed E-state index contributed by atoms with van der Waals surface area (Å²) in [6, 6.07) is 0. The van der Waals surface area contributed by atoms with Crippen molar-refractivity contribution in [2.75, 3.05) is 0 Å². The van der Waals surface area contributed by atoms with E-state index in [0.29, 0.717) is 0 Å². The molecule has 0 saturated heterocycles. The fourth-order valence-corrected chi connectivity index (χ4v) is 0. The van der Waals surface area contributed by atoms with Crippen LogP contribution in [0, 0.1) is 82.6 Å². The van der Waals surface area contributed by atoms with E-state index >= 15 is 0 Å². The van der Waals surface area contributed by atoms with Gasteiger partial charge in [-0.15, -0.1) is 0 Å². The van der Waals surface area contributed by atoms with Crippen LogP contribution in [0.4, 0.5) is 0 Å². The Balaban J connectivity index is 0. The van der Waals surface area contributed by atoms with Crippen molar-refractivity contribution in [2.24, 2.45) is 0 Å². The molecule has 0 spiro atoms. The monoisotopic (exact) mass is 1030 g/mol. The summed E-state index contributed by atoms with van der Waals surface area (Å²) in [5, 5.41) is 0. The van der Waals surface area contributed by atoms with E-state index in [-0.39, 0.29) is 211 Å². The van der Waals surface area contributed by atoms with Gasteiger partial charge in [0.1, 0.15) is 0 Å². The number of hydrogen-bond donors (Lipinski definition) is 0. The van der Waals surface area contributed by atoms with Gasteiger partial charge in [-0.1, -0.05) is 0 Å². The van der Waals surface area contributed by atoms with Crippen LogP contribution in [-0.4, -0.2) is 0 Å². The first-order valence-electron chi connectivity index (χ1n) is 0. The Morgan fingerprint density at radius 3 is 0.176 bits per heavy atom. The van der Waals surface area contributed by atoms with Crippen molar-refractivity contribution in [2.45, 2.75) is 0 Å². The topological polar surface area (TPSA) is 342 Å². The summed E-state index contributed by atoms with van der Waals surface area (Å²) in [5.74, 6) is 0. The van der Waals surface area contributed by atoms with Crippen LogP contribution in [0.2, 0.25) is 0 Å². The quantitative estimate of drug-likeness (QED) is 0.270. The van der Waals surface area contributed by atoms with Gasteiger partial charge in [-0.25, -0.2) is 0 Å². The summed E-state index contributed by atoms with van der Waals surface area (Å²) < 4.78 is 0. The van der Waals surface area contributed by atoms with Gasteiger partial charge >= 0.3 is 0 Å². The van der Waals surface area contributed by atoms with Gasteiger partial charge in [0.05, 0.1) is 0 Å². The van der Waals surface area contributed by atoms with Gasteiger partial charge in [-0.05, 0) is 0 Å². The molecule has 120 valence electrons. The van der Waals surface area contributed by atoms with E-state index < -0.39 is 0 Å². The van der Waals surface area contributed by atoms with Gasteiger partial charge in [0.2, 0.25) is 0 Å². The molecule has 0 unspecified atom stereocenters. The predicted octanol–water partition coefficient (Wildman–Crippen LogP) is -1.43. The molecule has 12 nitrogen and oxygen atoms in total. The van der Waals surface area contributed by atoms with Crippen LogP contribution in [-0.2, 0) is 129 Å². The fraction of sp³-hybridized carbons (Fsp3) is 0. The van der Waals surface area contributed by atoms with Crippen molar-refractivity contribution in [3.05, 3.63) is 0 Å². The molecule has 0 aliphatic heterocycles. The Bertz CT molecular complexity index is 19.7. The van der Waals surface area contributed by atoms with Crippen molar-refractivity contribution in [1.82, 2.24) is 0 Å². The second kappa shape index (κ2) is 407. The van der Waals surface area contributed by atoms with Gasteiger partial charge in [0.25, 0.3) is 0 Å². The third-order valence-electron chi connectivity index (χ3n) is 0. The maximum absolute atomic E-state index is 0. The first kappa shape index (κ1) is 473. The smallest absolute Gasteiger partial charge is 0 e. The minimum absolute atomic E-state index is 0. The molecule has 2 radical (unpaired) electrons. The van der Waals surface area contributed by atoms with Crippen LogP contribution in [0.5, 0.6) is 0 Å². The molecule has 0 saturated carbocycles. The molecule has 0 bridgehead atoms. The van der Waals surface area contributed by atoms with Gasteiger partial charge in [-0.2, -0.15) is 0 Å². The maximum Gasteiger partial charge on any atom is 0 e. The SMILES string of the molecule is [O-2].[O-2].[O-2].[O-2].[O-2].[O-2].[O-2].[O-2].[O-2].[O-2].[O-2].[O-2].[Pr].[Pr].[W].[W].[W]. The van der Waals surface area contributed by atoms with Crippen LogP contribution in [0.15, 0.2) is 0 Å². The largest absolute Gasteiger partial charge is 2.00 e. The average Bonchev–Trinajstić information content (AvgIpc) is 0. The summed E-state index contributed by atoms with van der Waals surface area (Å²) in [7, 11) is 0. The van der Waals surface area contributed by atoms with Crippen molar-refractivity contribution < 1.29 is 211 Å². The Morgan fingerprint density at radius 2 is 0.176 bits per heavy atom. The summed E-state index contributed by atoms with van der Waals surface area (Å²) in [4.78, 5) is 0. The Kier molecular flexibility index (Phi) is 11300. The summed E-state index contributed by atoms with van der Waals surface area (Å²) in [6.45, 7) is 0. The van der Waals surface area contributed by atoms with E-state index in [1.54, 1.807) is 0 Å². The predicted molar refractivity (Wildman–Crippen MR) is 8.24 cm³/mol. The molecule has 0 aromatic rings. The van der Waals surface area contributed by atoms with Gasteiger partial charge < -0.3 is 65.7 Å². The third-order valence-corrected chi connectivity index (χ3v) is 0. The molecule has 0 N–H and O–H groups in total. The van der Waals surface area contributed by atoms with Gasteiger partial charge in [0.15, 0.2) is 0 Å². The number of rotatable bonds is 0. The van der Waals surface area contributed by atoms with Crippen LogP contribution >= 0.6 is 0 Å². The van der Waals surface area contributed by atoms with E-state index in [1.165, 1.54) is 0 Å². The van der Waals surface area contributed by atoms with Crippen molar-refractivity contribution >= 4 is 0 Å². The average molecular weight is 1030 g/mol. The zero-order valence-corrected chi connectivity index (χ0v) is 23.5. The molecule has 0 heterocycles. The molecule has 17 heavy (non-hydrogen) atoms. The first-order valence-corrected chi connectivity index (χ1v) is 0. The minimum Gasteiger partial charge on any atom is -2.00 e. The normalized spacial score (nSPS) is 0. The van der Waals surface area contributed by atoms with E-state index in [9.17, 15) is 0 Å². The van der Waals surface area contributed by atoms with Crippen molar-refractivity contribution in [1.29, 1.82) is 0 Å². The summed E-state index contributed by atoms with van der Waals surface area (Å²) in [6.07, 6.45) is 0. The Morgan fingerprint density at radius 1 is 0.176 bits per heavy atom. The second-order valence-electron chi connectivity index (χ2n) is 0. The Hall–Kier alpha value is 4.31. The van der Waals surface area contributed by atoms with Crippen LogP contribution in [0.1, 0.15) is 0 Å². The van der Waals surface area contributed by atoms with Gasteiger partial charge in [-0.3, -0.25) is 0 Å². The summed E-state index contributed by atoms with van der Waals surface area (Å²) >= 11 is 0.